The summed E-state index contributed by atoms with van der Waals surface area (Å²) in [5, 5.41) is 3.53. The van der Waals surface area contributed by atoms with Crippen LogP contribution in [0.25, 0.3) is 0 Å². The maximum Gasteiger partial charge on any atom is 0.0205 e. The van der Waals surface area contributed by atoms with Gasteiger partial charge in [0.1, 0.15) is 0 Å². The Morgan fingerprint density at radius 3 is 2.00 bits per heavy atom. The Bertz CT molecular complexity index is 311. The van der Waals surface area contributed by atoms with E-state index in [0.29, 0.717) is 5.92 Å². The van der Waals surface area contributed by atoms with Crippen LogP contribution in [-0.2, 0) is 6.54 Å². The minimum Gasteiger partial charge on any atom is -0.312 e. The summed E-state index contributed by atoms with van der Waals surface area (Å²) in [7, 11) is 0. The van der Waals surface area contributed by atoms with Crippen LogP contribution in [0.1, 0.15) is 51.7 Å². The van der Waals surface area contributed by atoms with Gasteiger partial charge in [-0.15, -0.1) is 0 Å². The van der Waals surface area contributed by atoms with Crippen molar-refractivity contribution in [1.29, 1.82) is 0 Å². The van der Waals surface area contributed by atoms with E-state index in [2.05, 4.69) is 64.2 Å². The zero-order valence-corrected chi connectivity index (χ0v) is 12.0. The first-order chi connectivity index (χ1) is 8.00. The topological polar surface area (TPSA) is 12.0 Å². The first kappa shape index (κ1) is 14.2. The van der Waals surface area contributed by atoms with Crippen molar-refractivity contribution < 1.29 is 0 Å². The van der Waals surface area contributed by atoms with Crippen molar-refractivity contribution in [1.82, 2.24) is 5.32 Å². The standard InChI is InChI=1S/C16H27N/c1-12(2)14(5)10-17-11-15-6-8-16(9-7-15)13(3)4/h6-9,12-14,17H,10-11H2,1-5H3. The van der Waals surface area contributed by atoms with E-state index >= 15 is 0 Å². The highest BCUT2D eigenvalue weighted by atomic mass is 14.9. The predicted molar refractivity (Wildman–Crippen MR) is 76.2 cm³/mol. The Morgan fingerprint density at radius 1 is 0.941 bits per heavy atom. The molecule has 0 aliphatic heterocycles. The van der Waals surface area contributed by atoms with Crippen LogP contribution in [0.15, 0.2) is 24.3 Å². The molecule has 0 heterocycles. The highest BCUT2D eigenvalue weighted by molar-refractivity contribution is 5.24. The summed E-state index contributed by atoms with van der Waals surface area (Å²) in [6.07, 6.45) is 0. The van der Waals surface area contributed by atoms with E-state index in [1.807, 2.05) is 0 Å². The molecule has 1 aromatic carbocycles. The maximum atomic E-state index is 3.53. The second-order valence-corrected chi connectivity index (χ2v) is 5.75. The molecule has 1 N–H and O–H groups in total. The molecule has 1 rings (SSSR count). The van der Waals surface area contributed by atoms with E-state index in [1.165, 1.54) is 11.1 Å². The summed E-state index contributed by atoms with van der Waals surface area (Å²) in [6, 6.07) is 8.96. The Hall–Kier alpha value is -0.820. The van der Waals surface area contributed by atoms with Gasteiger partial charge in [-0.05, 0) is 35.4 Å². The van der Waals surface area contributed by atoms with Gasteiger partial charge in [0.15, 0.2) is 0 Å². The van der Waals surface area contributed by atoms with Crippen LogP contribution in [0, 0.1) is 11.8 Å². The highest BCUT2D eigenvalue weighted by Gasteiger charge is 2.06. The van der Waals surface area contributed by atoms with Gasteiger partial charge < -0.3 is 5.32 Å². The van der Waals surface area contributed by atoms with E-state index in [-0.39, 0.29) is 0 Å². The average molecular weight is 233 g/mol. The van der Waals surface area contributed by atoms with Gasteiger partial charge >= 0.3 is 0 Å². The van der Waals surface area contributed by atoms with Gasteiger partial charge in [0.05, 0.1) is 0 Å². The molecule has 0 bridgehead atoms. The van der Waals surface area contributed by atoms with Crippen molar-refractivity contribution >= 4 is 0 Å². The zero-order valence-electron chi connectivity index (χ0n) is 12.0. The molecule has 0 radical (unpaired) electrons. The summed E-state index contributed by atoms with van der Waals surface area (Å²) < 4.78 is 0. The van der Waals surface area contributed by atoms with Crippen molar-refractivity contribution in [2.75, 3.05) is 6.54 Å². The predicted octanol–water partition coefficient (Wildman–Crippen LogP) is 4.19. The second kappa shape index (κ2) is 6.80. The number of hydrogen-bond donors (Lipinski definition) is 1. The fourth-order valence-corrected chi connectivity index (χ4v) is 1.70. The van der Waals surface area contributed by atoms with Crippen molar-refractivity contribution in [2.45, 2.75) is 47.1 Å². The van der Waals surface area contributed by atoms with Gasteiger partial charge in [-0.25, -0.2) is 0 Å². The molecule has 1 unspecified atom stereocenters. The molecule has 0 amide bonds. The summed E-state index contributed by atoms with van der Waals surface area (Å²) >= 11 is 0. The van der Waals surface area contributed by atoms with Crippen LogP contribution >= 0.6 is 0 Å². The molecule has 0 saturated carbocycles. The lowest BCUT2D eigenvalue weighted by Gasteiger charge is -2.16. The number of benzene rings is 1. The van der Waals surface area contributed by atoms with Crippen LogP contribution in [0.2, 0.25) is 0 Å². The lowest BCUT2D eigenvalue weighted by molar-refractivity contribution is 0.392. The molecular formula is C16H27N. The molecule has 0 aromatic heterocycles. The Balaban J connectivity index is 2.37. The first-order valence-corrected chi connectivity index (χ1v) is 6.80. The van der Waals surface area contributed by atoms with Crippen molar-refractivity contribution in [3.05, 3.63) is 35.4 Å². The molecule has 0 aliphatic carbocycles. The minimum atomic E-state index is 0.623. The fraction of sp³-hybridized carbons (Fsp3) is 0.625. The second-order valence-electron chi connectivity index (χ2n) is 5.75. The number of hydrogen-bond acceptors (Lipinski definition) is 1. The van der Waals surface area contributed by atoms with Crippen LogP contribution in [0.5, 0.6) is 0 Å². The van der Waals surface area contributed by atoms with Gasteiger partial charge in [0.2, 0.25) is 0 Å². The van der Waals surface area contributed by atoms with Gasteiger partial charge in [0.25, 0.3) is 0 Å². The van der Waals surface area contributed by atoms with E-state index in [9.17, 15) is 0 Å². The minimum absolute atomic E-state index is 0.623. The SMILES string of the molecule is CC(C)c1ccc(CNCC(C)C(C)C)cc1. The van der Waals surface area contributed by atoms with E-state index in [1.54, 1.807) is 0 Å². The van der Waals surface area contributed by atoms with Gasteiger partial charge in [-0.2, -0.15) is 0 Å². The fourth-order valence-electron chi connectivity index (χ4n) is 1.70. The van der Waals surface area contributed by atoms with Gasteiger partial charge in [-0.3, -0.25) is 0 Å². The van der Waals surface area contributed by atoms with E-state index in [0.717, 1.165) is 24.9 Å². The monoisotopic (exact) mass is 233 g/mol. The molecule has 17 heavy (non-hydrogen) atoms. The van der Waals surface area contributed by atoms with Crippen molar-refractivity contribution in [3.63, 3.8) is 0 Å². The lowest BCUT2D eigenvalue weighted by Crippen LogP contribution is -2.23. The summed E-state index contributed by atoms with van der Waals surface area (Å²) in [5.41, 5.74) is 2.80. The average Bonchev–Trinajstić information content (AvgIpc) is 2.29. The Labute approximate surface area is 107 Å². The van der Waals surface area contributed by atoms with Crippen LogP contribution in [0.4, 0.5) is 0 Å². The Kier molecular flexibility index (Phi) is 5.70. The quantitative estimate of drug-likeness (QED) is 0.777. The van der Waals surface area contributed by atoms with Gasteiger partial charge in [-0.1, -0.05) is 58.9 Å². The summed E-state index contributed by atoms with van der Waals surface area (Å²) in [6.45, 7) is 13.4. The molecule has 1 nitrogen and oxygen atoms in total. The van der Waals surface area contributed by atoms with Crippen LogP contribution < -0.4 is 5.32 Å². The number of rotatable bonds is 6. The van der Waals surface area contributed by atoms with Gasteiger partial charge in [0, 0.05) is 6.54 Å². The van der Waals surface area contributed by atoms with Crippen molar-refractivity contribution in [2.24, 2.45) is 11.8 Å². The maximum absolute atomic E-state index is 3.53. The number of nitrogens with one attached hydrogen (secondary N) is 1. The molecular weight excluding hydrogens is 206 g/mol. The summed E-state index contributed by atoms with van der Waals surface area (Å²) in [4.78, 5) is 0. The zero-order chi connectivity index (χ0) is 12.8. The third kappa shape index (κ3) is 4.91. The normalized spacial score (nSPS) is 13.4. The molecule has 0 fully saturated rings. The summed E-state index contributed by atoms with van der Waals surface area (Å²) in [5.74, 6) is 2.12. The van der Waals surface area contributed by atoms with E-state index in [4.69, 9.17) is 0 Å². The third-order valence-electron chi connectivity index (χ3n) is 3.58. The first-order valence-electron chi connectivity index (χ1n) is 6.80. The molecule has 1 aromatic rings. The smallest absolute Gasteiger partial charge is 0.0205 e. The molecule has 0 spiro atoms. The molecule has 0 aliphatic rings. The Morgan fingerprint density at radius 2 is 1.53 bits per heavy atom. The molecule has 0 saturated heterocycles. The largest absolute Gasteiger partial charge is 0.312 e. The third-order valence-corrected chi connectivity index (χ3v) is 3.58. The van der Waals surface area contributed by atoms with Crippen LogP contribution in [0.3, 0.4) is 0 Å². The van der Waals surface area contributed by atoms with E-state index < -0.39 is 0 Å². The highest BCUT2D eigenvalue weighted by Crippen LogP contribution is 2.14. The molecule has 1 atom stereocenters. The molecule has 1 heteroatoms. The lowest BCUT2D eigenvalue weighted by atomic mass is 9.98. The van der Waals surface area contributed by atoms with Crippen LogP contribution in [-0.4, -0.2) is 6.54 Å². The molecule has 96 valence electrons. The van der Waals surface area contributed by atoms with Crippen molar-refractivity contribution in [3.8, 4) is 0 Å².